The Balaban J connectivity index is 2.33. The van der Waals surface area contributed by atoms with E-state index in [-0.39, 0.29) is 0 Å². The minimum Gasteiger partial charge on any atom is -0.494 e. The van der Waals surface area contributed by atoms with Gasteiger partial charge in [-0.05, 0) is 50.6 Å². The molecule has 0 fully saturated rings. The Kier molecular flexibility index (Phi) is 6.60. The highest BCUT2D eigenvalue weighted by atomic mass is 79.9. The predicted octanol–water partition coefficient (Wildman–Crippen LogP) is 3.85. The standard InChI is InChI=1S/C14H22BrNO/c1-4-12(11(2)16-3)9-10-17-14-7-5-13(15)6-8-14/h5-8,11-12,16H,4,9-10H2,1-3H3. The Morgan fingerprint density at radius 2 is 1.94 bits per heavy atom. The van der Waals surface area contributed by atoms with Crippen molar-refractivity contribution in [3.63, 3.8) is 0 Å². The summed E-state index contributed by atoms with van der Waals surface area (Å²) in [6, 6.07) is 8.54. The summed E-state index contributed by atoms with van der Waals surface area (Å²) in [6.07, 6.45) is 2.28. The van der Waals surface area contributed by atoms with E-state index < -0.39 is 0 Å². The molecule has 0 spiro atoms. The molecular weight excluding hydrogens is 278 g/mol. The fourth-order valence-corrected chi connectivity index (χ4v) is 2.17. The summed E-state index contributed by atoms with van der Waals surface area (Å²) in [5, 5.41) is 3.31. The highest BCUT2D eigenvalue weighted by Gasteiger charge is 2.13. The lowest BCUT2D eigenvalue weighted by molar-refractivity contribution is 0.251. The highest BCUT2D eigenvalue weighted by Crippen LogP contribution is 2.18. The van der Waals surface area contributed by atoms with Crippen molar-refractivity contribution in [3.8, 4) is 5.75 Å². The first kappa shape index (κ1) is 14.5. The fraction of sp³-hybridized carbons (Fsp3) is 0.571. The number of benzene rings is 1. The molecule has 0 amide bonds. The molecule has 0 aliphatic heterocycles. The molecule has 0 heterocycles. The monoisotopic (exact) mass is 299 g/mol. The van der Waals surface area contributed by atoms with Crippen LogP contribution >= 0.6 is 15.9 Å². The molecule has 0 saturated heterocycles. The van der Waals surface area contributed by atoms with E-state index in [2.05, 4.69) is 35.1 Å². The summed E-state index contributed by atoms with van der Waals surface area (Å²) >= 11 is 3.41. The summed E-state index contributed by atoms with van der Waals surface area (Å²) in [5.74, 6) is 1.62. The molecule has 0 bridgehead atoms. The number of hydrogen-bond donors (Lipinski definition) is 1. The zero-order valence-corrected chi connectivity index (χ0v) is 12.5. The predicted molar refractivity (Wildman–Crippen MR) is 76.6 cm³/mol. The van der Waals surface area contributed by atoms with Crippen LogP contribution in [0.3, 0.4) is 0 Å². The topological polar surface area (TPSA) is 21.3 Å². The van der Waals surface area contributed by atoms with E-state index in [0.29, 0.717) is 12.0 Å². The lowest BCUT2D eigenvalue weighted by Crippen LogP contribution is -2.31. The van der Waals surface area contributed by atoms with Gasteiger partial charge in [-0.15, -0.1) is 0 Å². The third kappa shape index (κ3) is 5.09. The van der Waals surface area contributed by atoms with Crippen molar-refractivity contribution in [2.24, 2.45) is 5.92 Å². The molecule has 1 N–H and O–H groups in total. The third-order valence-corrected chi connectivity index (χ3v) is 3.79. The molecule has 0 aromatic heterocycles. The minimum atomic E-state index is 0.550. The van der Waals surface area contributed by atoms with Gasteiger partial charge in [-0.3, -0.25) is 0 Å². The van der Waals surface area contributed by atoms with Crippen molar-refractivity contribution in [1.29, 1.82) is 0 Å². The maximum atomic E-state index is 5.74. The molecule has 0 aliphatic rings. The highest BCUT2D eigenvalue weighted by molar-refractivity contribution is 9.10. The maximum Gasteiger partial charge on any atom is 0.119 e. The molecule has 1 aromatic rings. The van der Waals surface area contributed by atoms with Crippen LogP contribution in [0, 0.1) is 5.92 Å². The summed E-state index contributed by atoms with van der Waals surface area (Å²) in [4.78, 5) is 0. The van der Waals surface area contributed by atoms with Gasteiger partial charge in [0.1, 0.15) is 5.75 Å². The quantitative estimate of drug-likeness (QED) is 0.826. The second kappa shape index (κ2) is 7.72. The van der Waals surface area contributed by atoms with E-state index in [9.17, 15) is 0 Å². The first-order valence-electron chi connectivity index (χ1n) is 6.23. The zero-order chi connectivity index (χ0) is 12.7. The molecule has 96 valence electrons. The van der Waals surface area contributed by atoms with Gasteiger partial charge >= 0.3 is 0 Å². The van der Waals surface area contributed by atoms with Gasteiger partial charge < -0.3 is 10.1 Å². The lowest BCUT2D eigenvalue weighted by Gasteiger charge is -2.22. The van der Waals surface area contributed by atoms with E-state index in [1.54, 1.807) is 0 Å². The lowest BCUT2D eigenvalue weighted by atomic mass is 9.95. The molecule has 0 radical (unpaired) electrons. The smallest absolute Gasteiger partial charge is 0.119 e. The van der Waals surface area contributed by atoms with Crippen LogP contribution in [0.4, 0.5) is 0 Å². The van der Waals surface area contributed by atoms with Gasteiger partial charge in [0.05, 0.1) is 6.61 Å². The largest absolute Gasteiger partial charge is 0.494 e. The van der Waals surface area contributed by atoms with Crippen LogP contribution in [0.5, 0.6) is 5.75 Å². The van der Waals surface area contributed by atoms with Gasteiger partial charge in [-0.1, -0.05) is 29.3 Å². The fourth-order valence-electron chi connectivity index (χ4n) is 1.90. The second-order valence-corrected chi connectivity index (χ2v) is 5.25. The van der Waals surface area contributed by atoms with Crippen molar-refractivity contribution in [1.82, 2.24) is 5.32 Å². The zero-order valence-electron chi connectivity index (χ0n) is 10.9. The number of halogens is 1. The van der Waals surface area contributed by atoms with Crippen LogP contribution in [0.2, 0.25) is 0 Å². The van der Waals surface area contributed by atoms with Gasteiger partial charge in [0.2, 0.25) is 0 Å². The molecule has 3 heteroatoms. The average molecular weight is 300 g/mol. The Morgan fingerprint density at radius 1 is 1.29 bits per heavy atom. The second-order valence-electron chi connectivity index (χ2n) is 4.34. The van der Waals surface area contributed by atoms with E-state index in [0.717, 1.165) is 23.2 Å². The Labute approximate surface area is 113 Å². The van der Waals surface area contributed by atoms with E-state index in [4.69, 9.17) is 4.74 Å². The third-order valence-electron chi connectivity index (χ3n) is 3.26. The Bertz CT molecular complexity index is 313. The van der Waals surface area contributed by atoms with Crippen molar-refractivity contribution in [2.75, 3.05) is 13.7 Å². The van der Waals surface area contributed by atoms with Crippen LogP contribution in [0.25, 0.3) is 0 Å². The van der Waals surface area contributed by atoms with E-state index in [1.165, 1.54) is 6.42 Å². The SMILES string of the molecule is CCC(CCOc1ccc(Br)cc1)C(C)NC. The van der Waals surface area contributed by atoms with Crippen LogP contribution < -0.4 is 10.1 Å². The molecule has 17 heavy (non-hydrogen) atoms. The number of nitrogens with one attached hydrogen (secondary N) is 1. The van der Waals surface area contributed by atoms with E-state index >= 15 is 0 Å². The molecular formula is C14H22BrNO. The van der Waals surface area contributed by atoms with Crippen molar-refractivity contribution in [2.45, 2.75) is 32.7 Å². The summed E-state index contributed by atoms with van der Waals surface area (Å²) in [5.41, 5.74) is 0. The first-order valence-corrected chi connectivity index (χ1v) is 7.02. The number of ether oxygens (including phenoxy) is 1. The van der Waals surface area contributed by atoms with Crippen LogP contribution in [-0.2, 0) is 0 Å². The summed E-state index contributed by atoms with van der Waals surface area (Å²) in [6.45, 7) is 5.25. The molecule has 2 nitrogen and oxygen atoms in total. The van der Waals surface area contributed by atoms with Crippen LogP contribution in [0.1, 0.15) is 26.7 Å². The molecule has 2 atom stereocenters. The van der Waals surface area contributed by atoms with E-state index in [1.807, 2.05) is 31.3 Å². The first-order chi connectivity index (χ1) is 8.17. The molecule has 0 aliphatic carbocycles. The van der Waals surface area contributed by atoms with Gasteiger partial charge in [0.15, 0.2) is 0 Å². The number of hydrogen-bond acceptors (Lipinski definition) is 2. The van der Waals surface area contributed by atoms with Gasteiger partial charge in [0.25, 0.3) is 0 Å². The normalized spacial score (nSPS) is 14.4. The van der Waals surface area contributed by atoms with Crippen molar-refractivity contribution in [3.05, 3.63) is 28.7 Å². The van der Waals surface area contributed by atoms with Gasteiger partial charge in [-0.25, -0.2) is 0 Å². The molecule has 1 aromatic carbocycles. The summed E-state index contributed by atoms with van der Waals surface area (Å²) in [7, 11) is 2.02. The molecule has 1 rings (SSSR count). The van der Waals surface area contributed by atoms with Crippen molar-refractivity contribution >= 4 is 15.9 Å². The Morgan fingerprint density at radius 3 is 2.47 bits per heavy atom. The average Bonchev–Trinajstić information content (AvgIpc) is 2.36. The molecule has 2 unspecified atom stereocenters. The van der Waals surface area contributed by atoms with Crippen LogP contribution in [-0.4, -0.2) is 19.7 Å². The summed E-state index contributed by atoms with van der Waals surface area (Å²) < 4.78 is 6.82. The van der Waals surface area contributed by atoms with Gasteiger partial charge in [-0.2, -0.15) is 0 Å². The van der Waals surface area contributed by atoms with Crippen LogP contribution in [0.15, 0.2) is 28.7 Å². The van der Waals surface area contributed by atoms with Gasteiger partial charge in [0, 0.05) is 10.5 Å². The van der Waals surface area contributed by atoms with Crippen molar-refractivity contribution < 1.29 is 4.74 Å². The molecule has 0 saturated carbocycles. The Hall–Kier alpha value is -0.540. The number of rotatable bonds is 7. The minimum absolute atomic E-state index is 0.550. The maximum absolute atomic E-state index is 5.74.